The number of nitro groups is 1. The molecule has 0 saturated carbocycles. The van der Waals surface area contributed by atoms with Gasteiger partial charge >= 0.3 is 5.97 Å². The first-order valence-corrected chi connectivity index (χ1v) is 4.57. The van der Waals surface area contributed by atoms with Crippen LogP contribution in [0.3, 0.4) is 0 Å². The van der Waals surface area contributed by atoms with Gasteiger partial charge in [-0.15, -0.1) is 0 Å². The first-order valence-electron chi connectivity index (χ1n) is 4.57. The van der Waals surface area contributed by atoms with E-state index in [1.165, 1.54) is 12.1 Å². The second kappa shape index (κ2) is 4.71. The molecule has 0 fully saturated rings. The largest absolute Gasteiger partial charge is 0.477 e. The minimum Gasteiger partial charge on any atom is -0.477 e. The van der Waals surface area contributed by atoms with Gasteiger partial charge in [0.1, 0.15) is 5.56 Å². The molecule has 1 N–H and O–H groups in total. The summed E-state index contributed by atoms with van der Waals surface area (Å²) in [5.41, 5.74) is -0.167. The molecule has 1 aromatic rings. The number of aromatic carboxylic acids is 1. The van der Waals surface area contributed by atoms with Gasteiger partial charge in [0, 0.05) is 12.6 Å². The maximum Gasteiger partial charge on any atom is 0.343 e. The molecule has 0 atom stereocenters. The molecule has 6 heteroatoms. The number of benzene rings is 1. The first-order chi connectivity index (χ1) is 7.43. The second-order valence-electron chi connectivity index (χ2n) is 3.61. The van der Waals surface area contributed by atoms with E-state index in [-0.39, 0.29) is 11.3 Å². The zero-order chi connectivity index (χ0) is 12.3. The van der Waals surface area contributed by atoms with Crippen molar-refractivity contribution in [2.75, 3.05) is 14.1 Å². The average molecular weight is 224 g/mol. The van der Waals surface area contributed by atoms with E-state index in [4.69, 9.17) is 5.11 Å². The number of carboxylic acid groups (broad SMARTS) is 1. The molecule has 0 spiro atoms. The SMILES string of the molecule is CN(C)Cc1cccc([N+](=O)[O-])c1C(=O)O. The highest BCUT2D eigenvalue weighted by atomic mass is 16.6. The number of hydrogen-bond acceptors (Lipinski definition) is 4. The molecule has 0 bridgehead atoms. The Labute approximate surface area is 92.3 Å². The molecule has 0 heterocycles. The normalized spacial score (nSPS) is 10.4. The predicted octanol–water partition coefficient (Wildman–Crippen LogP) is 1.35. The van der Waals surface area contributed by atoms with Crippen molar-refractivity contribution in [2.24, 2.45) is 0 Å². The molecule has 16 heavy (non-hydrogen) atoms. The molecular weight excluding hydrogens is 212 g/mol. The van der Waals surface area contributed by atoms with Crippen LogP contribution in [0.4, 0.5) is 5.69 Å². The van der Waals surface area contributed by atoms with Gasteiger partial charge in [-0.2, -0.15) is 0 Å². The van der Waals surface area contributed by atoms with Crippen molar-refractivity contribution in [2.45, 2.75) is 6.54 Å². The zero-order valence-corrected chi connectivity index (χ0v) is 9.01. The third kappa shape index (κ3) is 2.54. The summed E-state index contributed by atoms with van der Waals surface area (Å²) in [6.07, 6.45) is 0. The Morgan fingerprint density at radius 1 is 1.50 bits per heavy atom. The Morgan fingerprint density at radius 3 is 2.56 bits per heavy atom. The van der Waals surface area contributed by atoms with Crippen LogP contribution in [0.15, 0.2) is 18.2 Å². The van der Waals surface area contributed by atoms with Crippen LogP contribution in [0.5, 0.6) is 0 Å². The molecule has 0 aliphatic rings. The lowest BCUT2D eigenvalue weighted by Gasteiger charge is -2.11. The molecular formula is C10H12N2O4. The van der Waals surface area contributed by atoms with E-state index in [2.05, 4.69) is 0 Å². The third-order valence-electron chi connectivity index (χ3n) is 2.03. The van der Waals surface area contributed by atoms with Crippen LogP contribution >= 0.6 is 0 Å². The minimum atomic E-state index is -1.27. The molecule has 0 unspecified atom stereocenters. The molecule has 0 radical (unpaired) electrons. The zero-order valence-electron chi connectivity index (χ0n) is 9.01. The quantitative estimate of drug-likeness (QED) is 0.616. The van der Waals surface area contributed by atoms with Gasteiger partial charge < -0.3 is 10.0 Å². The number of carboxylic acids is 1. The number of hydrogen-bond donors (Lipinski definition) is 1. The smallest absolute Gasteiger partial charge is 0.343 e. The van der Waals surface area contributed by atoms with E-state index in [9.17, 15) is 14.9 Å². The summed E-state index contributed by atoms with van der Waals surface area (Å²) in [4.78, 5) is 22.8. The lowest BCUT2D eigenvalue weighted by molar-refractivity contribution is -0.385. The van der Waals surface area contributed by atoms with Crippen LogP contribution < -0.4 is 0 Å². The molecule has 1 aromatic carbocycles. The van der Waals surface area contributed by atoms with Gasteiger partial charge in [-0.3, -0.25) is 10.1 Å². The lowest BCUT2D eigenvalue weighted by Crippen LogP contribution is -2.15. The Hall–Kier alpha value is -1.95. The molecule has 0 amide bonds. The number of nitro benzene ring substituents is 1. The molecule has 0 aliphatic heterocycles. The van der Waals surface area contributed by atoms with E-state index in [0.29, 0.717) is 12.1 Å². The van der Waals surface area contributed by atoms with Crippen LogP contribution in [0.25, 0.3) is 0 Å². The summed E-state index contributed by atoms with van der Waals surface area (Å²) in [7, 11) is 3.54. The van der Waals surface area contributed by atoms with Crippen molar-refractivity contribution in [1.29, 1.82) is 0 Å². The standard InChI is InChI=1S/C10H12N2O4/c1-11(2)6-7-4-3-5-8(12(15)16)9(7)10(13)14/h3-5H,6H2,1-2H3,(H,13,14). The van der Waals surface area contributed by atoms with Gasteiger partial charge in [-0.25, -0.2) is 4.79 Å². The summed E-state index contributed by atoms with van der Waals surface area (Å²) in [6, 6.07) is 4.27. The topological polar surface area (TPSA) is 83.7 Å². The highest BCUT2D eigenvalue weighted by Gasteiger charge is 2.23. The van der Waals surface area contributed by atoms with Gasteiger partial charge in [0.2, 0.25) is 0 Å². The van der Waals surface area contributed by atoms with Gasteiger partial charge in [-0.05, 0) is 19.7 Å². The fourth-order valence-electron chi connectivity index (χ4n) is 1.46. The summed E-state index contributed by atoms with van der Waals surface area (Å²) in [6.45, 7) is 0.351. The molecule has 0 saturated heterocycles. The van der Waals surface area contributed by atoms with Crippen molar-refractivity contribution >= 4 is 11.7 Å². The van der Waals surface area contributed by atoms with Crippen LogP contribution in [-0.4, -0.2) is 35.0 Å². The van der Waals surface area contributed by atoms with Crippen molar-refractivity contribution in [3.63, 3.8) is 0 Å². The van der Waals surface area contributed by atoms with Crippen LogP contribution in [-0.2, 0) is 6.54 Å². The average Bonchev–Trinajstić information content (AvgIpc) is 2.15. The van der Waals surface area contributed by atoms with E-state index in [0.717, 1.165) is 0 Å². The fraction of sp³-hybridized carbons (Fsp3) is 0.300. The highest BCUT2D eigenvalue weighted by molar-refractivity contribution is 5.94. The van der Waals surface area contributed by atoms with E-state index >= 15 is 0 Å². The second-order valence-corrected chi connectivity index (χ2v) is 3.61. The van der Waals surface area contributed by atoms with Crippen molar-refractivity contribution in [1.82, 2.24) is 4.90 Å². The summed E-state index contributed by atoms with van der Waals surface area (Å²) in [5.74, 6) is -1.27. The predicted molar refractivity (Wildman–Crippen MR) is 57.4 cm³/mol. The summed E-state index contributed by atoms with van der Waals surface area (Å²) < 4.78 is 0. The maximum absolute atomic E-state index is 11.0. The fourth-order valence-corrected chi connectivity index (χ4v) is 1.46. The van der Waals surface area contributed by atoms with Gasteiger partial charge in [0.15, 0.2) is 0 Å². The number of nitrogens with zero attached hydrogens (tertiary/aromatic N) is 2. The lowest BCUT2D eigenvalue weighted by atomic mass is 10.1. The van der Waals surface area contributed by atoms with Crippen LogP contribution in [0.2, 0.25) is 0 Å². The first kappa shape index (κ1) is 12.1. The summed E-state index contributed by atoms with van der Waals surface area (Å²) in [5, 5.41) is 19.7. The molecule has 1 rings (SSSR count). The Balaban J connectivity index is 3.32. The Morgan fingerprint density at radius 2 is 2.12 bits per heavy atom. The van der Waals surface area contributed by atoms with Gasteiger partial charge in [-0.1, -0.05) is 12.1 Å². The third-order valence-corrected chi connectivity index (χ3v) is 2.03. The number of rotatable bonds is 4. The summed E-state index contributed by atoms with van der Waals surface area (Å²) >= 11 is 0. The van der Waals surface area contributed by atoms with Crippen molar-refractivity contribution in [3.05, 3.63) is 39.4 Å². The Kier molecular flexibility index (Phi) is 3.57. The van der Waals surface area contributed by atoms with Crippen LogP contribution in [0.1, 0.15) is 15.9 Å². The minimum absolute atomic E-state index is 0.235. The van der Waals surface area contributed by atoms with Gasteiger partial charge in [0.05, 0.1) is 4.92 Å². The monoisotopic (exact) mass is 224 g/mol. The molecule has 0 aliphatic carbocycles. The van der Waals surface area contributed by atoms with Crippen molar-refractivity contribution < 1.29 is 14.8 Å². The van der Waals surface area contributed by atoms with Crippen LogP contribution in [0, 0.1) is 10.1 Å². The molecule has 6 nitrogen and oxygen atoms in total. The number of carbonyl (C=O) groups is 1. The highest BCUT2D eigenvalue weighted by Crippen LogP contribution is 2.23. The molecule has 86 valence electrons. The van der Waals surface area contributed by atoms with E-state index in [1.807, 2.05) is 0 Å². The van der Waals surface area contributed by atoms with Gasteiger partial charge in [0.25, 0.3) is 5.69 Å². The Bertz CT molecular complexity index is 429. The van der Waals surface area contributed by atoms with E-state index in [1.54, 1.807) is 25.1 Å². The molecule has 0 aromatic heterocycles. The van der Waals surface area contributed by atoms with E-state index < -0.39 is 10.9 Å². The van der Waals surface area contributed by atoms with Crippen molar-refractivity contribution in [3.8, 4) is 0 Å². The maximum atomic E-state index is 11.0.